The molecule has 0 saturated heterocycles. The maximum atomic E-state index is 13.4. The number of pyridine rings is 1. The van der Waals surface area contributed by atoms with Gasteiger partial charge < -0.3 is 0 Å². The zero-order valence-corrected chi connectivity index (χ0v) is 16.4. The highest BCUT2D eigenvalue weighted by atomic mass is 32.1. The van der Waals surface area contributed by atoms with E-state index < -0.39 is 0 Å². The van der Waals surface area contributed by atoms with Crippen LogP contribution in [0.25, 0.3) is 47.4 Å². The van der Waals surface area contributed by atoms with Crippen LogP contribution in [0, 0.1) is 6.92 Å². The minimum Gasteiger partial charge on any atom is -0.268 e. The first-order valence-electron chi connectivity index (χ1n) is 9.46. The number of aryl methyl sites for hydroxylation is 1. The van der Waals surface area contributed by atoms with E-state index >= 15 is 0 Å². The topological polar surface area (TPSA) is 39.1 Å². The van der Waals surface area contributed by atoms with Crippen LogP contribution in [-0.4, -0.2) is 4.57 Å². The summed E-state index contributed by atoms with van der Waals surface area (Å²) in [6.45, 7) is 1.92. The van der Waals surface area contributed by atoms with Crippen molar-refractivity contribution in [3.05, 3.63) is 99.1 Å². The fourth-order valence-corrected chi connectivity index (χ4v) is 5.51. The Kier molecular flexibility index (Phi) is 3.26. The third-order valence-electron chi connectivity index (χ3n) is 5.74. The molecule has 6 aromatic rings. The van der Waals surface area contributed by atoms with Crippen LogP contribution in [0.2, 0.25) is 0 Å². The second kappa shape index (κ2) is 5.75. The van der Waals surface area contributed by atoms with Gasteiger partial charge in [0.1, 0.15) is 0 Å². The van der Waals surface area contributed by atoms with Crippen molar-refractivity contribution < 1.29 is 0 Å². The van der Waals surface area contributed by atoms with Gasteiger partial charge in [-0.05, 0) is 53.6 Å². The molecule has 2 aromatic heterocycles. The summed E-state index contributed by atoms with van der Waals surface area (Å²) < 4.78 is 3.60. The first kappa shape index (κ1) is 16.5. The number of benzene rings is 4. The minimum atomic E-state index is -0.260. The monoisotopic (exact) mass is 393 g/mol. The molecule has 0 amide bonds. The van der Waals surface area contributed by atoms with Crippen molar-refractivity contribution in [2.45, 2.75) is 6.92 Å². The van der Waals surface area contributed by atoms with E-state index in [9.17, 15) is 9.59 Å². The highest BCUT2D eigenvalue weighted by Crippen LogP contribution is 2.39. The summed E-state index contributed by atoms with van der Waals surface area (Å²) in [6.07, 6.45) is 0. The lowest BCUT2D eigenvalue weighted by molar-refractivity contribution is 0.958. The number of fused-ring (bicyclic) bond motifs is 2. The van der Waals surface area contributed by atoms with Gasteiger partial charge in [-0.25, -0.2) is 4.57 Å². The predicted molar refractivity (Wildman–Crippen MR) is 122 cm³/mol. The first-order valence-corrected chi connectivity index (χ1v) is 10.3. The number of hydrogen-bond acceptors (Lipinski definition) is 3. The van der Waals surface area contributed by atoms with Crippen LogP contribution in [-0.2, 0) is 0 Å². The molecule has 29 heavy (non-hydrogen) atoms. The van der Waals surface area contributed by atoms with E-state index in [2.05, 4.69) is 12.1 Å². The molecular weight excluding hydrogens is 378 g/mol. The van der Waals surface area contributed by atoms with Crippen molar-refractivity contribution >= 4 is 53.1 Å². The van der Waals surface area contributed by atoms with Gasteiger partial charge in [0.05, 0.1) is 5.69 Å². The van der Waals surface area contributed by atoms with Gasteiger partial charge in [0, 0.05) is 30.9 Å². The van der Waals surface area contributed by atoms with E-state index in [1.165, 1.54) is 9.27 Å². The summed E-state index contributed by atoms with van der Waals surface area (Å²) in [5.74, 6) is 0. The standard InChI is InChI=1S/C25H15NO2S/c1-14-6-2-4-8-19(14)26-24(27)17-11-10-16-15-7-3-5-9-20(15)29-21-13-12-18(25(26)28)22(17)23(16)21/h2-13H,1H3. The molecular formula is C25H15NO2S. The lowest BCUT2D eigenvalue weighted by Gasteiger charge is -2.15. The molecule has 0 bridgehead atoms. The summed E-state index contributed by atoms with van der Waals surface area (Å²) >= 11 is 1.69. The highest BCUT2D eigenvalue weighted by Gasteiger charge is 2.19. The Balaban J connectivity index is 1.89. The Hall–Kier alpha value is -3.50. The molecule has 4 aromatic carbocycles. The Morgan fingerprint density at radius 2 is 1.28 bits per heavy atom. The minimum absolute atomic E-state index is 0.260. The van der Waals surface area contributed by atoms with Gasteiger partial charge in [-0.1, -0.05) is 42.5 Å². The van der Waals surface area contributed by atoms with Crippen molar-refractivity contribution in [2.75, 3.05) is 0 Å². The molecule has 0 N–H and O–H groups in total. The van der Waals surface area contributed by atoms with Crippen LogP contribution in [0.4, 0.5) is 0 Å². The molecule has 138 valence electrons. The smallest absolute Gasteiger partial charge is 0.265 e. The van der Waals surface area contributed by atoms with E-state index in [4.69, 9.17) is 0 Å². The van der Waals surface area contributed by atoms with E-state index in [-0.39, 0.29) is 11.1 Å². The zero-order valence-electron chi connectivity index (χ0n) is 15.6. The van der Waals surface area contributed by atoms with Crippen LogP contribution in [0.1, 0.15) is 5.56 Å². The van der Waals surface area contributed by atoms with Gasteiger partial charge in [-0.2, -0.15) is 0 Å². The molecule has 0 aliphatic heterocycles. The molecule has 3 nitrogen and oxygen atoms in total. The molecule has 0 aliphatic rings. The maximum Gasteiger partial charge on any atom is 0.265 e. The second-order valence-electron chi connectivity index (χ2n) is 7.35. The SMILES string of the molecule is Cc1ccccc1-n1c(=O)c2ccc3sc4ccccc4c4ccc(c1=O)c2c34. The van der Waals surface area contributed by atoms with Crippen LogP contribution in [0.5, 0.6) is 0 Å². The summed E-state index contributed by atoms with van der Waals surface area (Å²) in [6, 6.07) is 23.5. The molecule has 0 aliphatic carbocycles. The van der Waals surface area contributed by atoms with Crippen LogP contribution in [0.3, 0.4) is 0 Å². The quantitative estimate of drug-likeness (QED) is 0.269. The van der Waals surface area contributed by atoms with Crippen LogP contribution >= 0.6 is 11.3 Å². The fraction of sp³-hybridized carbons (Fsp3) is 0.0400. The number of aromatic nitrogens is 1. The van der Waals surface area contributed by atoms with E-state index in [1.807, 2.05) is 67.6 Å². The van der Waals surface area contributed by atoms with Gasteiger partial charge in [0.15, 0.2) is 0 Å². The fourth-order valence-electron chi connectivity index (χ4n) is 4.39. The number of hydrogen-bond donors (Lipinski definition) is 0. The Labute approximate surface area is 169 Å². The summed E-state index contributed by atoms with van der Waals surface area (Å²) in [4.78, 5) is 26.9. The van der Waals surface area contributed by atoms with Crippen molar-refractivity contribution in [1.29, 1.82) is 0 Å². The van der Waals surface area contributed by atoms with Gasteiger partial charge in [0.2, 0.25) is 0 Å². The third-order valence-corrected chi connectivity index (χ3v) is 6.88. The van der Waals surface area contributed by atoms with Crippen molar-refractivity contribution in [2.24, 2.45) is 0 Å². The number of para-hydroxylation sites is 1. The number of nitrogens with zero attached hydrogens (tertiary/aromatic N) is 1. The molecule has 0 saturated carbocycles. The van der Waals surface area contributed by atoms with Gasteiger partial charge in [-0.3, -0.25) is 9.59 Å². The van der Waals surface area contributed by atoms with Gasteiger partial charge in [-0.15, -0.1) is 11.3 Å². The average Bonchev–Trinajstić information content (AvgIpc) is 2.74. The molecule has 0 unspecified atom stereocenters. The van der Waals surface area contributed by atoms with Crippen molar-refractivity contribution in [3.8, 4) is 5.69 Å². The third kappa shape index (κ3) is 2.12. The molecule has 0 spiro atoms. The second-order valence-corrected chi connectivity index (χ2v) is 8.44. The summed E-state index contributed by atoms with van der Waals surface area (Å²) in [7, 11) is 0. The van der Waals surface area contributed by atoms with E-state index in [1.54, 1.807) is 11.3 Å². The van der Waals surface area contributed by atoms with Gasteiger partial charge >= 0.3 is 0 Å². The molecule has 6 rings (SSSR count). The highest BCUT2D eigenvalue weighted by molar-refractivity contribution is 7.25. The van der Waals surface area contributed by atoms with E-state index in [0.717, 1.165) is 31.8 Å². The Bertz CT molecular complexity index is 1680. The Morgan fingerprint density at radius 1 is 0.621 bits per heavy atom. The van der Waals surface area contributed by atoms with Crippen molar-refractivity contribution in [1.82, 2.24) is 4.57 Å². The molecule has 4 heteroatoms. The van der Waals surface area contributed by atoms with E-state index in [0.29, 0.717) is 16.5 Å². The lowest BCUT2D eigenvalue weighted by Crippen LogP contribution is -2.32. The molecule has 2 heterocycles. The normalized spacial score (nSPS) is 11.9. The average molecular weight is 393 g/mol. The van der Waals surface area contributed by atoms with Gasteiger partial charge in [0.25, 0.3) is 11.1 Å². The first-order chi connectivity index (χ1) is 14.1. The zero-order chi connectivity index (χ0) is 19.7. The van der Waals surface area contributed by atoms with Crippen LogP contribution in [0.15, 0.2) is 82.4 Å². The summed E-state index contributed by atoms with van der Waals surface area (Å²) in [5.41, 5.74) is 1.02. The maximum absolute atomic E-state index is 13.4. The van der Waals surface area contributed by atoms with Crippen LogP contribution < -0.4 is 11.1 Å². The summed E-state index contributed by atoms with van der Waals surface area (Å²) in [5, 5.41) is 5.19. The molecule has 0 radical (unpaired) electrons. The predicted octanol–water partition coefficient (Wildman–Crippen LogP) is 5.62. The largest absolute Gasteiger partial charge is 0.268 e. The Morgan fingerprint density at radius 3 is 2.07 bits per heavy atom. The number of rotatable bonds is 1. The molecule has 0 fully saturated rings. The lowest BCUT2D eigenvalue weighted by atomic mass is 9.97. The van der Waals surface area contributed by atoms with Crippen molar-refractivity contribution in [3.63, 3.8) is 0 Å². The molecule has 0 atom stereocenters.